The monoisotopic (exact) mass is 270 g/mol. The third kappa shape index (κ3) is 3.63. The number of nitrogens with zero attached hydrogens (tertiary/aromatic N) is 2. The van der Waals surface area contributed by atoms with Crippen LogP contribution in [0.3, 0.4) is 0 Å². The minimum atomic E-state index is -0.900. The molecule has 0 aliphatic heterocycles. The molecule has 2 aromatic rings. The summed E-state index contributed by atoms with van der Waals surface area (Å²) >= 11 is 0. The van der Waals surface area contributed by atoms with E-state index in [0.717, 1.165) is 12.0 Å². The van der Waals surface area contributed by atoms with Crippen molar-refractivity contribution in [2.24, 2.45) is 5.92 Å². The highest BCUT2D eigenvalue weighted by molar-refractivity contribution is 5.73. The standard InChI is InChI=1S/C16H18N2O2/c1-11(2)9-12-3-5-13(6-4-12)16-14(10-15(19)20)17-7-8-18-16/h3-8,11H,9-10H2,1-2H3,(H,19,20). The van der Waals surface area contributed by atoms with E-state index in [1.165, 1.54) is 11.8 Å². The smallest absolute Gasteiger partial charge is 0.309 e. The van der Waals surface area contributed by atoms with Gasteiger partial charge in [-0.1, -0.05) is 38.1 Å². The molecule has 0 saturated heterocycles. The zero-order valence-corrected chi connectivity index (χ0v) is 11.7. The molecule has 20 heavy (non-hydrogen) atoms. The van der Waals surface area contributed by atoms with Crippen LogP contribution >= 0.6 is 0 Å². The van der Waals surface area contributed by atoms with Gasteiger partial charge in [-0.15, -0.1) is 0 Å². The van der Waals surface area contributed by atoms with Gasteiger partial charge in [0.2, 0.25) is 0 Å². The van der Waals surface area contributed by atoms with Gasteiger partial charge in [-0.25, -0.2) is 0 Å². The number of carbonyl (C=O) groups is 1. The first-order chi connectivity index (χ1) is 9.56. The molecule has 0 atom stereocenters. The van der Waals surface area contributed by atoms with Crippen molar-refractivity contribution in [3.63, 3.8) is 0 Å². The quantitative estimate of drug-likeness (QED) is 0.907. The lowest BCUT2D eigenvalue weighted by Gasteiger charge is -2.08. The predicted molar refractivity (Wildman–Crippen MR) is 77.3 cm³/mol. The summed E-state index contributed by atoms with van der Waals surface area (Å²) in [5.41, 5.74) is 3.32. The fourth-order valence-electron chi connectivity index (χ4n) is 2.15. The highest BCUT2D eigenvalue weighted by atomic mass is 16.4. The third-order valence-corrected chi connectivity index (χ3v) is 2.96. The Morgan fingerprint density at radius 3 is 2.40 bits per heavy atom. The number of hydrogen-bond acceptors (Lipinski definition) is 3. The maximum absolute atomic E-state index is 10.9. The second kappa shape index (κ2) is 6.28. The second-order valence-corrected chi connectivity index (χ2v) is 5.22. The van der Waals surface area contributed by atoms with Crippen LogP contribution in [0, 0.1) is 5.92 Å². The van der Waals surface area contributed by atoms with Crippen molar-refractivity contribution in [1.82, 2.24) is 9.97 Å². The van der Waals surface area contributed by atoms with E-state index in [-0.39, 0.29) is 6.42 Å². The molecule has 1 aromatic carbocycles. The summed E-state index contributed by atoms with van der Waals surface area (Å²) in [5.74, 6) is -0.289. The van der Waals surface area contributed by atoms with Crippen LogP contribution in [0.25, 0.3) is 11.3 Å². The summed E-state index contributed by atoms with van der Waals surface area (Å²) in [4.78, 5) is 19.2. The molecular formula is C16H18N2O2. The van der Waals surface area contributed by atoms with Crippen LogP contribution in [-0.2, 0) is 17.6 Å². The van der Waals surface area contributed by atoms with E-state index in [1.807, 2.05) is 12.1 Å². The van der Waals surface area contributed by atoms with Crippen LogP contribution in [0.15, 0.2) is 36.7 Å². The van der Waals surface area contributed by atoms with Gasteiger partial charge >= 0.3 is 5.97 Å². The molecule has 0 unspecified atom stereocenters. The molecule has 0 saturated carbocycles. The van der Waals surface area contributed by atoms with Gasteiger partial charge in [-0.2, -0.15) is 0 Å². The van der Waals surface area contributed by atoms with E-state index in [1.54, 1.807) is 6.20 Å². The Kier molecular flexibility index (Phi) is 4.45. The first kappa shape index (κ1) is 14.2. The lowest BCUT2D eigenvalue weighted by Crippen LogP contribution is -2.05. The van der Waals surface area contributed by atoms with Crippen LogP contribution in [0.4, 0.5) is 0 Å². The number of hydrogen-bond donors (Lipinski definition) is 1. The molecule has 0 aliphatic rings. The van der Waals surface area contributed by atoms with E-state index in [9.17, 15) is 4.79 Å². The third-order valence-electron chi connectivity index (χ3n) is 2.96. The van der Waals surface area contributed by atoms with Crippen LogP contribution in [-0.4, -0.2) is 21.0 Å². The first-order valence-electron chi connectivity index (χ1n) is 6.67. The van der Waals surface area contributed by atoms with Crippen molar-refractivity contribution < 1.29 is 9.90 Å². The Bertz CT molecular complexity index is 592. The van der Waals surface area contributed by atoms with E-state index in [0.29, 0.717) is 17.3 Å². The van der Waals surface area contributed by atoms with Crippen LogP contribution < -0.4 is 0 Å². The van der Waals surface area contributed by atoms with Crippen molar-refractivity contribution in [1.29, 1.82) is 0 Å². The van der Waals surface area contributed by atoms with Crippen molar-refractivity contribution in [2.75, 3.05) is 0 Å². The van der Waals surface area contributed by atoms with Gasteiger partial charge in [0.05, 0.1) is 17.8 Å². The van der Waals surface area contributed by atoms with Crippen LogP contribution in [0.2, 0.25) is 0 Å². The molecule has 2 rings (SSSR count). The Balaban J connectivity index is 2.29. The fraction of sp³-hybridized carbons (Fsp3) is 0.312. The van der Waals surface area contributed by atoms with E-state index < -0.39 is 5.97 Å². The zero-order chi connectivity index (χ0) is 14.5. The van der Waals surface area contributed by atoms with Gasteiger partial charge in [0, 0.05) is 18.0 Å². The molecule has 0 spiro atoms. The number of aliphatic carboxylic acids is 1. The molecule has 1 N–H and O–H groups in total. The predicted octanol–water partition coefficient (Wildman–Crippen LogP) is 2.97. The van der Waals surface area contributed by atoms with E-state index >= 15 is 0 Å². The number of aromatic nitrogens is 2. The lowest BCUT2D eigenvalue weighted by molar-refractivity contribution is -0.136. The van der Waals surface area contributed by atoms with Gasteiger partial charge in [0.1, 0.15) is 0 Å². The summed E-state index contributed by atoms with van der Waals surface area (Å²) in [6.45, 7) is 4.36. The fourth-order valence-corrected chi connectivity index (χ4v) is 2.15. The topological polar surface area (TPSA) is 63.1 Å². The minimum Gasteiger partial charge on any atom is -0.481 e. The molecular weight excluding hydrogens is 252 g/mol. The number of rotatable bonds is 5. The summed E-state index contributed by atoms with van der Waals surface area (Å²) in [6.07, 6.45) is 4.03. The SMILES string of the molecule is CC(C)Cc1ccc(-c2nccnc2CC(=O)O)cc1. The maximum atomic E-state index is 10.9. The molecule has 0 aliphatic carbocycles. The number of carboxylic acids is 1. The summed E-state index contributed by atoms with van der Waals surface area (Å²) < 4.78 is 0. The summed E-state index contributed by atoms with van der Waals surface area (Å²) in [7, 11) is 0. The van der Waals surface area contributed by atoms with Crippen LogP contribution in [0.5, 0.6) is 0 Å². The highest BCUT2D eigenvalue weighted by Gasteiger charge is 2.11. The van der Waals surface area contributed by atoms with Gasteiger partial charge in [0.25, 0.3) is 0 Å². The van der Waals surface area contributed by atoms with Crippen molar-refractivity contribution in [2.45, 2.75) is 26.7 Å². The molecule has 104 valence electrons. The summed E-state index contributed by atoms with van der Waals surface area (Å²) in [5, 5.41) is 8.91. The Morgan fingerprint density at radius 1 is 1.15 bits per heavy atom. The maximum Gasteiger partial charge on any atom is 0.309 e. The normalized spacial score (nSPS) is 10.8. The zero-order valence-electron chi connectivity index (χ0n) is 11.7. The van der Waals surface area contributed by atoms with E-state index in [2.05, 4.69) is 35.9 Å². The molecule has 1 aromatic heterocycles. The average molecular weight is 270 g/mol. The minimum absolute atomic E-state index is 0.114. The van der Waals surface area contributed by atoms with Gasteiger partial charge < -0.3 is 5.11 Å². The summed E-state index contributed by atoms with van der Waals surface area (Å²) in [6, 6.07) is 8.09. The molecule has 0 radical (unpaired) electrons. The average Bonchev–Trinajstić information content (AvgIpc) is 2.39. The number of benzene rings is 1. The van der Waals surface area contributed by atoms with Gasteiger partial charge in [0.15, 0.2) is 0 Å². The molecule has 0 bridgehead atoms. The van der Waals surface area contributed by atoms with Crippen molar-refractivity contribution in [3.8, 4) is 11.3 Å². The Labute approximate surface area is 118 Å². The van der Waals surface area contributed by atoms with Crippen molar-refractivity contribution >= 4 is 5.97 Å². The molecule has 0 amide bonds. The second-order valence-electron chi connectivity index (χ2n) is 5.22. The highest BCUT2D eigenvalue weighted by Crippen LogP contribution is 2.21. The van der Waals surface area contributed by atoms with Crippen molar-refractivity contribution in [3.05, 3.63) is 47.9 Å². The van der Waals surface area contributed by atoms with Gasteiger partial charge in [-0.3, -0.25) is 14.8 Å². The largest absolute Gasteiger partial charge is 0.481 e. The molecule has 4 heteroatoms. The first-order valence-corrected chi connectivity index (χ1v) is 6.67. The van der Waals surface area contributed by atoms with E-state index in [4.69, 9.17) is 5.11 Å². The molecule has 0 fully saturated rings. The lowest BCUT2D eigenvalue weighted by atomic mass is 10.00. The van der Waals surface area contributed by atoms with Gasteiger partial charge in [-0.05, 0) is 17.9 Å². The number of carboxylic acid groups (broad SMARTS) is 1. The molecule has 4 nitrogen and oxygen atoms in total. The molecule has 1 heterocycles. The van der Waals surface area contributed by atoms with Crippen LogP contribution in [0.1, 0.15) is 25.1 Å². The Morgan fingerprint density at radius 2 is 1.80 bits per heavy atom. The Hall–Kier alpha value is -2.23.